The molecule has 0 spiro atoms. The highest BCUT2D eigenvalue weighted by Crippen LogP contribution is 2.20. The van der Waals surface area contributed by atoms with E-state index >= 15 is 0 Å². The molecule has 0 amide bonds. The minimum atomic E-state index is 0.152. The minimum Gasteiger partial charge on any atom is -0.467 e. The molecule has 8 nitrogen and oxygen atoms in total. The fourth-order valence-corrected chi connectivity index (χ4v) is 1.35. The molecule has 0 radical (unpaired) electrons. The zero-order chi connectivity index (χ0) is 13.8. The fraction of sp³-hybridized carbons (Fsp3) is 0.455. The Morgan fingerprint density at radius 1 is 1.21 bits per heavy atom. The maximum atomic E-state index is 5.53. The molecule has 0 saturated heterocycles. The van der Waals surface area contributed by atoms with Crippen LogP contribution in [0.25, 0.3) is 0 Å². The van der Waals surface area contributed by atoms with Gasteiger partial charge in [0.2, 0.25) is 5.95 Å². The first-order chi connectivity index (χ1) is 9.12. The van der Waals surface area contributed by atoms with E-state index < -0.39 is 0 Å². The number of hydrogen-bond acceptors (Lipinski definition) is 7. The molecular weight excluding hydrogens is 248 g/mol. The molecule has 102 valence electrons. The summed E-state index contributed by atoms with van der Waals surface area (Å²) in [6.07, 6.45) is 3.38. The molecule has 0 aliphatic carbocycles. The molecule has 2 heterocycles. The predicted molar refractivity (Wildman–Crippen MR) is 68.6 cm³/mol. The number of ether oxygens (including phenoxy) is 2. The Morgan fingerprint density at radius 3 is 2.53 bits per heavy atom. The van der Waals surface area contributed by atoms with E-state index in [-0.39, 0.29) is 18.1 Å². The maximum absolute atomic E-state index is 5.53. The molecule has 1 N–H and O–H groups in total. The summed E-state index contributed by atoms with van der Waals surface area (Å²) in [5.41, 5.74) is 0. The first-order valence-corrected chi connectivity index (χ1v) is 5.82. The average Bonchev–Trinajstić information content (AvgIpc) is 2.87. The average molecular weight is 264 g/mol. The van der Waals surface area contributed by atoms with Gasteiger partial charge in [-0.2, -0.15) is 15.1 Å². The second kappa shape index (κ2) is 5.51. The van der Waals surface area contributed by atoms with Crippen molar-refractivity contribution >= 4 is 5.95 Å². The second-order valence-corrected chi connectivity index (χ2v) is 4.03. The van der Waals surface area contributed by atoms with Gasteiger partial charge in [-0.05, 0) is 13.8 Å². The summed E-state index contributed by atoms with van der Waals surface area (Å²) >= 11 is 0. The lowest BCUT2D eigenvalue weighted by atomic mass is 10.4. The number of hydrogen-bond donors (Lipinski definition) is 1. The van der Waals surface area contributed by atoms with Gasteiger partial charge in [-0.3, -0.25) is 4.68 Å². The molecule has 0 aliphatic rings. The molecular formula is C11H16N6O2. The van der Waals surface area contributed by atoms with Crippen LogP contribution in [0.1, 0.15) is 19.9 Å². The lowest BCUT2D eigenvalue weighted by Gasteiger charge is -2.05. The summed E-state index contributed by atoms with van der Waals surface area (Å²) in [4.78, 5) is 12.1. The van der Waals surface area contributed by atoms with Crippen molar-refractivity contribution in [2.24, 2.45) is 0 Å². The van der Waals surface area contributed by atoms with Gasteiger partial charge in [-0.15, -0.1) is 4.98 Å². The van der Waals surface area contributed by atoms with Gasteiger partial charge >= 0.3 is 12.0 Å². The van der Waals surface area contributed by atoms with E-state index in [1.54, 1.807) is 24.1 Å². The molecule has 0 fully saturated rings. The van der Waals surface area contributed by atoms with E-state index in [4.69, 9.17) is 9.47 Å². The van der Waals surface area contributed by atoms with Crippen LogP contribution in [-0.4, -0.2) is 38.9 Å². The van der Waals surface area contributed by atoms with Crippen LogP contribution in [0, 0.1) is 0 Å². The van der Waals surface area contributed by atoms with Crippen LogP contribution < -0.4 is 14.8 Å². The van der Waals surface area contributed by atoms with E-state index in [9.17, 15) is 0 Å². The molecule has 0 aliphatic heterocycles. The van der Waals surface area contributed by atoms with Gasteiger partial charge in [0.05, 0.1) is 19.5 Å². The van der Waals surface area contributed by atoms with Crippen LogP contribution >= 0.6 is 0 Å². The summed E-state index contributed by atoms with van der Waals surface area (Å²) < 4.78 is 12.3. The number of rotatable bonds is 5. The highest BCUT2D eigenvalue weighted by molar-refractivity contribution is 5.28. The van der Waals surface area contributed by atoms with Crippen LogP contribution in [0.5, 0.6) is 17.8 Å². The van der Waals surface area contributed by atoms with Crippen molar-refractivity contribution in [3.8, 4) is 17.8 Å². The monoisotopic (exact) mass is 264 g/mol. The third-order valence-corrected chi connectivity index (χ3v) is 2.32. The summed E-state index contributed by atoms with van der Waals surface area (Å²) in [5.74, 6) is 0.933. The van der Waals surface area contributed by atoms with Gasteiger partial charge in [0.25, 0.3) is 0 Å². The Hall–Kier alpha value is -2.38. The van der Waals surface area contributed by atoms with Crippen LogP contribution in [0.15, 0.2) is 12.4 Å². The Labute approximate surface area is 110 Å². The van der Waals surface area contributed by atoms with Gasteiger partial charge in [0, 0.05) is 13.1 Å². The van der Waals surface area contributed by atoms with Crippen molar-refractivity contribution in [3.05, 3.63) is 12.4 Å². The number of nitrogens with one attached hydrogen (secondary N) is 1. The van der Waals surface area contributed by atoms with Crippen molar-refractivity contribution in [3.63, 3.8) is 0 Å². The molecule has 2 aromatic rings. The van der Waals surface area contributed by atoms with E-state index in [0.717, 1.165) is 0 Å². The molecule has 19 heavy (non-hydrogen) atoms. The molecule has 0 unspecified atom stereocenters. The van der Waals surface area contributed by atoms with Crippen LogP contribution in [0.4, 0.5) is 5.95 Å². The third kappa shape index (κ3) is 3.09. The first kappa shape index (κ1) is 13.1. The largest absolute Gasteiger partial charge is 0.467 e. The van der Waals surface area contributed by atoms with Crippen molar-refractivity contribution in [1.29, 1.82) is 0 Å². The Bertz CT molecular complexity index is 532. The molecule has 0 bridgehead atoms. The highest BCUT2D eigenvalue weighted by Gasteiger charge is 2.10. The summed E-state index contributed by atoms with van der Waals surface area (Å²) in [7, 11) is 3.19. The zero-order valence-corrected chi connectivity index (χ0v) is 11.3. The zero-order valence-electron chi connectivity index (χ0n) is 11.3. The predicted octanol–water partition coefficient (Wildman–Crippen LogP) is 1.49. The molecule has 0 aromatic carbocycles. The van der Waals surface area contributed by atoms with E-state index in [0.29, 0.717) is 11.7 Å². The summed E-state index contributed by atoms with van der Waals surface area (Å²) in [5, 5.41) is 6.98. The fourth-order valence-electron chi connectivity index (χ4n) is 1.35. The first-order valence-electron chi connectivity index (χ1n) is 5.82. The molecule has 8 heteroatoms. The summed E-state index contributed by atoms with van der Waals surface area (Å²) in [6.45, 7) is 4.06. The van der Waals surface area contributed by atoms with E-state index in [1.807, 2.05) is 13.8 Å². The normalized spacial score (nSPS) is 10.6. The number of anilines is 1. The maximum Gasteiger partial charge on any atom is 0.330 e. The van der Waals surface area contributed by atoms with Crippen LogP contribution in [-0.2, 0) is 0 Å². The SMILES string of the molecule is CNc1nc(OC)nc(Oc2cnn(C(C)C)c2)n1. The molecule has 2 aromatic heterocycles. The van der Waals surface area contributed by atoms with Gasteiger partial charge in [-0.1, -0.05) is 0 Å². The minimum absolute atomic E-state index is 0.152. The van der Waals surface area contributed by atoms with Gasteiger partial charge < -0.3 is 14.8 Å². The van der Waals surface area contributed by atoms with Gasteiger partial charge in [0.1, 0.15) is 0 Å². The second-order valence-electron chi connectivity index (χ2n) is 4.03. The van der Waals surface area contributed by atoms with Crippen LogP contribution in [0.2, 0.25) is 0 Å². The Kier molecular flexibility index (Phi) is 3.79. The Morgan fingerprint density at radius 2 is 1.95 bits per heavy atom. The summed E-state index contributed by atoms with van der Waals surface area (Å²) in [6, 6.07) is 0.600. The van der Waals surface area contributed by atoms with Gasteiger partial charge in [-0.25, -0.2) is 0 Å². The van der Waals surface area contributed by atoms with Gasteiger partial charge in [0.15, 0.2) is 5.75 Å². The number of nitrogens with zero attached hydrogens (tertiary/aromatic N) is 5. The lowest BCUT2D eigenvalue weighted by Crippen LogP contribution is -2.03. The Balaban J connectivity index is 2.21. The van der Waals surface area contributed by atoms with Crippen molar-refractivity contribution < 1.29 is 9.47 Å². The number of aromatic nitrogens is 5. The smallest absolute Gasteiger partial charge is 0.330 e. The lowest BCUT2D eigenvalue weighted by molar-refractivity contribution is 0.360. The molecule has 2 rings (SSSR count). The standard InChI is InChI=1S/C11H16N6O2/c1-7(2)17-6-8(5-13-17)19-11-15-9(12-3)14-10(16-11)18-4/h5-7H,1-4H3,(H,12,14,15,16). The topological polar surface area (TPSA) is 87.0 Å². The van der Waals surface area contributed by atoms with E-state index in [1.165, 1.54) is 7.11 Å². The van der Waals surface area contributed by atoms with E-state index in [2.05, 4.69) is 25.4 Å². The van der Waals surface area contributed by atoms with Crippen LogP contribution in [0.3, 0.4) is 0 Å². The van der Waals surface area contributed by atoms with Crippen molar-refractivity contribution in [1.82, 2.24) is 24.7 Å². The molecule has 0 saturated carbocycles. The highest BCUT2D eigenvalue weighted by atomic mass is 16.5. The quantitative estimate of drug-likeness (QED) is 0.875. The van der Waals surface area contributed by atoms with Crippen molar-refractivity contribution in [2.45, 2.75) is 19.9 Å². The third-order valence-electron chi connectivity index (χ3n) is 2.32. The number of methoxy groups -OCH3 is 1. The van der Waals surface area contributed by atoms with Crippen molar-refractivity contribution in [2.75, 3.05) is 19.5 Å². The molecule has 0 atom stereocenters.